The van der Waals surface area contributed by atoms with Crippen molar-refractivity contribution in [2.45, 2.75) is 39.3 Å². The highest BCUT2D eigenvalue weighted by molar-refractivity contribution is 5.76. The average Bonchev–Trinajstić information content (AvgIpc) is 2.77. The summed E-state index contributed by atoms with van der Waals surface area (Å²) in [7, 11) is 0. The van der Waals surface area contributed by atoms with E-state index in [1.807, 2.05) is 6.92 Å². The minimum Gasteiger partial charge on any atom is -0.354 e. The van der Waals surface area contributed by atoms with Crippen LogP contribution in [-0.4, -0.2) is 28.5 Å². The largest absolute Gasteiger partial charge is 0.354 e. The maximum Gasteiger partial charge on any atom is 0.221 e. The highest BCUT2D eigenvalue weighted by Gasteiger charge is 2.04. The number of carbonyl (C=O) groups excluding carboxylic acids is 1. The molecular formula is C11H20N4O. The van der Waals surface area contributed by atoms with E-state index in [0.29, 0.717) is 19.5 Å². The molecule has 0 saturated heterocycles. The average molecular weight is 224 g/mol. The van der Waals surface area contributed by atoms with Crippen LogP contribution in [0.4, 0.5) is 0 Å². The maximum absolute atomic E-state index is 11.4. The number of imidazole rings is 1. The van der Waals surface area contributed by atoms with Crippen molar-refractivity contribution in [1.29, 1.82) is 0 Å². The Morgan fingerprint density at radius 1 is 1.62 bits per heavy atom. The minimum atomic E-state index is 0.0984. The topological polar surface area (TPSA) is 69.8 Å². The molecule has 1 rings (SSSR count). The molecule has 0 saturated carbocycles. The van der Waals surface area contributed by atoms with Crippen molar-refractivity contribution < 1.29 is 4.79 Å². The number of hydrogen-bond acceptors (Lipinski definition) is 3. The normalized spacial score (nSPS) is 12.4. The van der Waals surface area contributed by atoms with E-state index in [0.717, 1.165) is 12.2 Å². The molecule has 1 atom stereocenters. The van der Waals surface area contributed by atoms with E-state index in [1.54, 1.807) is 12.4 Å². The van der Waals surface area contributed by atoms with Crippen molar-refractivity contribution in [3.8, 4) is 0 Å². The first-order valence-corrected chi connectivity index (χ1v) is 5.70. The molecule has 1 heterocycles. The van der Waals surface area contributed by atoms with Gasteiger partial charge in [-0.3, -0.25) is 4.79 Å². The van der Waals surface area contributed by atoms with Gasteiger partial charge in [-0.15, -0.1) is 0 Å². The van der Waals surface area contributed by atoms with E-state index in [9.17, 15) is 4.79 Å². The lowest BCUT2D eigenvalue weighted by Crippen LogP contribution is -2.33. The smallest absolute Gasteiger partial charge is 0.221 e. The van der Waals surface area contributed by atoms with Gasteiger partial charge in [0.1, 0.15) is 5.82 Å². The molecule has 90 valence electrons. The van der Waals surface area contributed by atoms with Gasteiger partial charge in [0.15, 0.2) is 0 Å². The molecule has 1 aromatic heterocycles. The fourth-order valence-electron chi connectivity index (χ4n) is 1.25. The Kier molecular flexibility index (Phi) is 5.56. The van der Waals surface area contributed by atoms with Crippen molar-refractivity contribution >= 4 is 5.91 Å². The Morgan fingerprint density at radius 3 is 3.06 bits per heavy atom. The van der Waals surface area contributed by atoms with Crippen molar-refractivity contribution in [1.82, 2.24) is 20.6 Å². The molecule has 1 aromatic rings. The van der Waals surface area contributed by atoms with Crippen LogP contribution >= 0.6 is 0 Å². The molecule has 0 aliphatic rings. The lowest BCUT2D eigenvalue weighted by molar-refractivity contribution is -0.121. The van der Waals surface area contributed by atoms with Gasteiger partial charge in [-0.2, -0.15) is 0 Å². The Balaban J connectivity index is 2.04. The molecule has 0 spiro atoms. The molecule has 0 fully saturated rings. The number of rotatable bonds is 7. The first kappa shape index (κ1) is 12.7. The van der Waals surface area contributed by atoms with E-state index in [1.165, 1.54) is 0 Å². The number of aromatic amines is 1. The van der Waals surface area contributed by atoms with Crippen LogP contribution in [0, 0.1) is 0 Å². The summed E-state index contributed by atoms with van der Waals surface area (Å²) in [5.74, 6) is 0.989. The number of nitrogens with zero attached hydrogens (tertiary/aromatic N) is 1. The summed E-state index contributed by atoms with van der Waals surface area (Å²) < 4.78 is 0. The predicted molar refractivity (Wildman–Crippen MR) is 62.8 cm³/mol. The Morgan fingerprint density at radius 2 is 2.44 bits per heavy atom. The number of hydrogen-bond donors (Lipinski definition) is 3. The number of aromatic nitrogens is 2. The zero-order chi connectivity index (χ0) is 11.8. The summed E-state index contributed by atoms with van der Waals surface area (Å²) in [6.45, 7) is 5.40. The van der Waals surface area contributed by atoms with Crippen molar-refractivity contribution in [2.24, 2.45) is 0 Å². The Labute approximate surface area is 96.0 Å². The van der Waals surface area contributed by atoms with E-state index in [2.05, 4.69) is 27.5 Å². The highest BCUT2D eigenvalue weighted by atomic mass is 16.1. The number of carbonyl (C=O) groups is 1. The standard InChI is InChI=1S/C11H20N4O/c1-3-9(2)15-11(16)4-5-12-8-10-13-6-7-14-10/h6-7,9,12H,3-5,8H2,1-2H3,(H,13,14)(H,15,16). The molecular weight excluding hydrogens is 204 g/mol. The molecule has 5 heteroatoms. The summed E-state index contributed by atoms with van der Waals surface area (Å²) in [6.07, 6.45) is 4.97. The van der Waals surface area contributed by atoms with Crippen molar-refractivity contribution in [3.63, 3.8) is 0 Å². The molecule has 0 aliphatic carbocycles. The van der Waals surface area contributed by atoms with E-state index >= 15 is 0 Å². The predicted octanol–water partition coefficient (Wildman–Crippen LogP) is 0.804. The van der Waals surface area contributed by atoms with Gasteiger partial charge in [-0.25, -0.2) is 4.98 Å². The molecule has 0 aliphatic heterocycles. The first-order chi connectivity index (χ1) is 7.72. The lowest BCUT2D eigenvalue weighted by Gasteiger charge is -2.11. The second-order valence-corrected chi connectivity index (χ2v) is 3.84. The third-order valence-corrected chi connectivity index (χ3v) is 2.40. The first-order valence-electron chi connectivity index (χ1n) is 5.70. The molecule has 0 aromatic carbocycles. The van der Waals surface area contributed by atoms with Gasteiger partial charge in [0.05, 0.1) is 6.54 Å². The Hall–Kier alpha value is -1.36. The number of H-pyrrole nitrogens is 1. The second kappa shape index (κ2) is 7.00. The van der Waals surface area contributed by atoms with Crippen LogP contribution in [0.25, 0.3) is 0 Å². The van der Waals surface area contributed by atoms with Gasteiger partial charge in [0.25, 0.3) is 0 Å². The fraction of sp³-hybridized carbons (Fsp3) is 0.636. The summed E-state index contributed by atoms with van der Waals surface area (Å²) in [5.41, 5.74) is 0. The van der Waals surface area contributed by atoms with Gasteiger partial charge in [-0.1, -0.05) is 6.92 Å². The van der Waals surface area contributed by atoms with Gasteiger partial charge in [-0.05, 0) is 13.3 Å². The molecule has 0 radical (unpaired) electrons. The number of amides is 1. The molecule has 1 amide bonds. The maximum atomic E-state index is 11.4. The summed E-state index contributed by atoms with van der Waals surface area (Å²) in [6, 6.07) is 0.262. The van der Waals surface area contributed by atoms with Gasteiger partial charge < -0.3 is 15.6 Å². The van der Waals surface area contributed by atoms with Crippen molar-refractivity contribution in [2.75, 3.05) is 6.54 Å². The van der Waals surface area contributed by atoms with E-state index in [4.69, 9.17) is 0 Å². The van der Waals surface area contributed by atoms with Gasteiger partial charge >= 0.3 is 0 Å². The SMILES string of the molecule is CCC(C)NC(=O)CCNCc1ncc[nH]1. The Bertz CT molecular complexity index is 297. The van der Waals surface area contributed by atoms with Crippen LogP contribution in [-0.2, 0) is 11.3 Å². The van der Waals surface area contributed by atoms with Gasteiger partial charge in [0.2, 0.25) is 5.91 Å². The monoisotopic (exact) mass is 224 g/mol. The highest BCUT2D eigenvalue weighted by Crippen LogP contribution is 1.90. The molecule has 1 unspecified atom stereocenters. The second-order valence-electron chi connectivity index (χ2n) is 3.84. The summed E-state index contributed by atoms with van der Waals surface area (Å²) in [4.78, 5) is 18.5. The minimum absolute atomic E-state index is 0.0984. The quantitative estimate of drug-likeness (QED) is 0.600. The van der Waals surface area contributed by atoms with Gasteiger partial charge in [0, 0.05) is 31.4 Å². The summed E-state index contributed by atoms with van der Waals surface area (Å²) >= 11 is 0. The van der Waals surface area contributed by atoms with Crippen molar-refractivity contribution in [3.05, 3.63) is 18.2 Å². The fourth-order valence-corrected chi connectivity index (χ4v) is 1.25. The zero-order valence-electron chi connectivity index (χ0n) is 9.92. The van der Waals surface area contributed by atoms with Crippen LogP contribution < -0.4 is 10.6 Å². The van der Waals surface area contributed by atoms with Crippen LogP contribution in [0.15, 0.2) is 12.4 Å². The van der Waals surface area contributed by atoms with Crippen LogP contribution in [0.2, 0.25) is 0 Å². The van der Waals surface area contributed by atoms with E-state index in [-0.39, 0.29) is 11.9 Å². The third-order valence-electron chi connectivity index (χ3n) is 2.40. The molecule has 16 heavy (non-hydrogen) atoms. The molecule has 0 bridgehead atoms. The number of nitrogens with one attached hydrogen (secondary N) is 3. The zero-order valence-corrected chi connectivity index (χ0v) is 9.92. The molecule has 3 N–H and O–H groups in total. The lowest BCUT2D eigenvalue weighted by atomic mass is 10.2. The van der Waals surface area contributed by atoms with Crippen LogP contribution in [0.5, 0.6) is 0 Å². The molecule has 5 nitrogen and oxygen atoms in total. The van der Waals surface area contributed by atoms with Crippen LogP contribution in [0.3, 0.4) is 0 Å². The van der Waals surface area contributed by atoms with Crippen LogP contribution in [0.1, 0.15) is 32.5 Å². The van der Waals surface area contributed by atoms with E-state index < -0.39 is 0 Å². The third kappa shape index (κ3) is 4.93. The summed E-state index contributed by atoms with van der Waals surface area (Å²) in [5, 5.41) is 6.08.